The number of amides is 1. The molecule has 2 N–H and O–H groups in total. The molecule has 6 rings (SSSR count). The highest BCUT2D eigenvalue weighted by atomic mass is 19.1. The minimum atomic E-state index is -0.526. The van der Waals surface area contributed by atoms with Crippen molar-refractivity contribution in [2.24, 2.45) is 0 Å². The molecule has 1 aliphatic carbocycles. The summed E-state index contributed by atoms with van der Waals surface area (Å²) in [6.07, 6.45) is 5.02. The van der Waals surface area contributed by atoms with E-state index in [1.54, 1.807) is 0 Å². The molecule has 2 aliphatic rings. The molecule has 2 aromatic heterocycles. The van der Waals surface area contributed by atoms with E-state index in [4.69, 9.17) is 9.72 Å². The second kappa shape index (κ2) is 9.19. The fourth-order valence-corrected chi connectivity index (χ4v) is 4.82. The first kappa shape index (κ1) is 23.5. The van der Waals surface area contributed by atoms with E-state index < -0.39 is 11.4 Å². The van der Waals surface area contributed by atoms with Crippen molar-refractivity contribution in [3.63, 3.8) is 0 Å². The number of carbonyl (C=O) groups is 1. The fraction of sp³-hybridized carbons (Fsp3) is 0.310. The van der Waals surface area contributed by atoms with Gasteiger partial charge in [-0.05, 0) is 81.1 Å². The minimum Gasteiger partial charge on any atom is -0.492 e. The maximum Gasteiger partial charge on any atom is 0.252 e. The topological polar surface area (TPSA) is 89.0 Å². The number of ether oxygens (including phenoxy) is 1. The smallest absolute Gasteiger partial charge is 0.252 e. The lowest BCUT2D eigenvalue weighted by molar-refractivity contribution is 0.0930. The van der Waals surface area contributed by atoms with Crippen LogP contribution in [0.3, 0.4) is 0 Å². The molecule has 2 aromatic carbocycles. The Morgan fingerprint density at radius 1 is 1.14 bits per heavy atom. The third kappa shape index (κ3) is 4.64. The van der Waals surface area contributed by atoms with Crippen LogP contribution in [0.15, 0.2) is 54.9 Å². The maximum absolute atomic E-state index is 13.6. The molecule has 2 fully saturated rings. The molecular weight excluding hydrogens is 469 g/mol. The van der Waals surface area contributed by atoms with Crippen molar-refractivity contribution in [2.75, 3.05) is 13.2 Å². The summed E-state index contributed by atoms with van der Waals surface area (Å²) in [5.41, 5.74) is 4.33. The van der Waals surface area contributed by atoms with Crippen molar-refractivity contribution in [2.45, 2.75) is 44.7 Å². The Balaban J connectivity index is 1.33. The molecule has 1 saturated heterocycles. The number of rotatable bonds is 7. The van der Waals surface area contributed by atoms with Gasteiger partial charge < -0.3 is 15.4 Å². The minimum absolute atomic E-state index is 0.140. The zero-order valence-corrected chi connectivity index (χ0v) is 20.8. The highest BCUT2D eigenvalue weighted by molar-refractivity contribution is 5.98. The molecule has 3 heterocycles. The first-order valence-corrected chi connectivity index (χ1v) is 12.6. The van der Waals surface area contributed by atoms with Crippen LogP contribution in [0.4, 0.5) is 4.39 Å². The Morgan fingerprint density at radius 2 is 1.92 bits per heavy atom. The van der Waals surface area contributed by atoms with Gasteiger partial charge in [0.15, 0.2) is 11.6 Å². The average Bonchev–Trinajstić information content (AvgIpc) is 3.64. The summed E-state index contributed by atoms with van der Waals surface area (Å²) in [5, 5.41) is 7.61. The van der Waals surface area contributed by atoms with Gasteiger partial charge in [0.05, 0.1) is 23.4 Å². The van der Waals surface area contributed by atoms with Crippen molar-refractivity contribution in [1.29, 1.82) is 0 Å². The number of hydrogen-bond acceptors (Lipinski definition) is 6. The van der Waals surface area contributed by atoms with Gasteiger partial charge in [0.25, 0.3) is 5.91 Å². The van der Waals surface area contributed by atoms with Crippen LogP contribution in [0.25, 0.3) is 22.3 Å². The monoisotopic (exact) mass is 497 g/mol. The van der Waals surface area contributed by atoms with E-state index in [2.05, 4.69) is 20.6 Å². The van der Waals surface area contributed by atoms with E-state index in [-0.39, 0.29) is 5.91 Å². The summed E-state index contributed by atoms with van der Waals surface area (Å²) >= 11 is 0. The van der Waals surface area contributed by atoms with Gasteiger partial charge in [0, 0.05) is 28.2 Å². The SMILES string of the molecule is Cc1ccc2c(C3(NC(=O)c4cc(OC[C@@H]5CCN5)ccc4C)CC3)cc(-c3ncc(F)cn3)cc2n1. The van der Waals surface area contributed by atoms with Gasteiger partial charge in [0.2, 0.25) is 0 Å². The van der Waals surface area contributed by atoms with Crippen molar-refractivity contribution in [3.05, 3.63) is 83.1 Å². The Hall–Kier alpha value is -3.91. The van der Waals surface area contributed by atoms with Crippen LogP contribution in [0.5, 0.6) is 5.75 Å². The first-order valence-electron chi connectivity index (χ1n) is 12.6. The van der Waals surface area contributed by atoms with Crippen LogP contribution in [-0.2, 0) is 5.54 Å². The molecule has 0 spiro atoms. The van der Waals surface area contributed by atoms with Gasteiger partial charge in [-0.25, -0.2) is 14.4 Å². The Labute approximate surface area is 214 Å². The van der Waals surface area contributed by atoms with Crippen molar-refractivity contribution < 1.29 is 13.9 Å². The number of halogens is 1. The van der Waals surface area contributed by atoms with Crippen LogP contribution in [0, 0.1) is 19.7 Å². The van der Waals surface area contributed by atoms with E-state index in [1.807, 2.05) is 56.3 Å². The van der Waals surface area contributed by atoms with E-state index in [0.29, 0.717) is 29.8 Å². The number of carbonyl (C=O) groups excluding carboxylic acids is 1. The molecule has 1 atom stereocenters. The molecule has 0 bridgehead atoms. The molecule has 188 valence electrons. The van der Waals surface area contributed by atoms with Gasteiger partial charge in [-0.1, -0.05) is 12.1 Å². The van der Waals surface area contributed by atoms with E-state index >= 15 is 0 Å². The van der Waals surface area contributed by atoms with Crippen LogP contribution in [-0.4, -0.2) is 40.1 Å². The molecule has 37 heavy (non-hydrogen) atoms. The fourth-order valence-electron chi connectivity index (χ4n) is 4.82. The Kier molecular flexibility index (Phi) is 5.83. The number of nitrogens with zero attached hydrogens (tertiary/aromatic N) is 3. The zero-order valence-electron chi connectivity index (χ0n) is 20.8. The lowest BCUT2D eigenvalue weighted by Crippen LogP contribution is -2.46. The summed E-state index contributed by atoms with van der Waals surface area (Å²) in [4.78, 5) is 26.6. The van der Waals surface area contributed by atoms with Crippen LogP contribution in [0.1, 0.15) is 46.4 Å². The van der Waals surface area contributed by atoms with Crippen LogP contribution in [0.2, 0.25) is 0 Å². The molecule has 1 saturated carbocycles. The van der Waals surface area contributed by atoms with E-state index in [1.165, 1.54) is 0 Å². The Morgan fingerprint density at radius 3 is 2.62 bits per heavy atom. The highest BCUT2D eigenvalue weighted by Gasteiger charge is 2.47. The lowest BCUT2D eigenvalue weighted by atomic mass is 9.95. The first-order chi connectivity index (χ1) is 17.9. The zero-order chi connectivity index (χ0) is 25.6. The predicted molar refractivity (Wildman–Crippen MR) is 139 cm³/mol. The Bertz CT molecular complexity index is 1500. The molecule has 4 aromatic rings. The van der Waals surface area contributed by atoms with E-state index in [9.17, 15) is 9.18 Å². The highest BCUT2D eigenvalue weighted by Crippen LogP contribution is 2.49. The molecule has 0 radical (unpaired) electrons. The van der Waals surface area contributed by atoms with Crippen molar-refractivity contribution >= 4 is 16.8 Å². The average molecular weight is 498 g/mol. The second-order valence-corrected chi connectivity index (χ2v) is 10.0. The molecule has 1 aliphatic heterocycles. The predicted octanol–water partition coefficient (Wildman–Crippen LogP) is 4.61. The number of nitrogens with one attached hydrogen (secondary N) is 2. The van der Waals surface area contributed by atoms with Crippen molar-refractivity contribution in [3.8, 4) is 17.1 Å². The summed E-state index contributed by atoms with van der Waals surface area (Å²) in [7, 11) is 0. The van der Waals surface area contributed by atoms with Gasteiger partial charge in [-0.3, -0.25) is 9.78 Å². The van der Waals surface area contributed by atoms with Gasteiger partial charge in [-0.15, -0.1) is 0 Å². The van der Waals surface area contributed by atoms with Crippen LogP contribution >= 0.6 is 0 Å². The van der Waals surface area contributed by atoms with Gasteiger partial charge >= 0.3 is 0 Å². The lowest BCUT2D eigenvalue weighted by Gasteiger charge is -2.27. The number of aryl methyl sites for hydroxylation is 2. The quantitative estimate of drug-likeness (QED) is 0.388. The number of fused-ring (bicyclic) bond motifs is 1. The van der Waals surface area contributed by atoms with Gasteiger partial charge in [-0.2, -0.15) is 0 Å². The molecule has 0 unspecified atom stereocenters. The normalized spacial score (nSPS) is 17.8. The molecule has 7 nitrogen and oxygen atoms in total. The summed E-state index contributed by atoms with van der Waals surface area (Å²) in [6, 6.07) is 14.0. The standard InChI is InChI=1S/C29H28FN5O2/c1-17-3-5-22(37-16-21-7-10-31-21)13-24(17)28(36)35-29(8-9-29)25-11-19(27-32-14-20(30)15-33-27)12-26-23(25)6-4-18(2)34-26/h3-6,11-15,21,31H,7-10,16H2,1-2H3,(H,35,36)/t21-/m0/s1. The summed E-state index contributed by atoms with van der Waals surface area (Å²) < 4.78 is 19.4. The number of benzene rings is 2. The van der Waals surface area contributed by atoms with Crippen molar-refractivity contribution in [1.82, 2.24) is 25.6 Å². The number of aromatic nitrogens is 3. The molecule has 1 amide bonds. The summed E-state index contributed by atoms with van der Waals surface area (Å²) in [5.74, 6) is 0.473. The van der Waals surface area contributed by atoms with Gasteiger partial charge in [0.1, 0.15) is 12.4 Å². The second-order valence-electron chi connectivity index (χ2n) is 10.0. The maximum atomic E-state index is 13.6. The number of hydrogen-bond donors (Lipinski definition) is 2. The van der Waals surface area contributed by atoms with E-state index in [0.717, 1.165) is 71.5 Å². The number of pyridine rings is 1. The third-order valence-corrected chi connectivity index (χ3v) is 7.27. The summed E-state index contributed by atoms with van der Waals surface area (Å²) in [6.45, 7) is 5.48. The molecule has 8 heteroatoms. The largest absolute Gasteiger partial charge is 0.492 e. The molecular formula is C29H28FN5O2. The third-order valence-electron chi connectivity index (χ3n) is 7.27. The van der Waals surface area contributed by atoms with Crippen LogP contribution < -0.4 is 15.4 Å².